The van der Waals surface area contributed by atoms with Gasteiger partial charge >= 0.3 is 0 Å². The number of hydrogen-bond acceptors (Lipinski definition) is 2. The Morgan fingerprint density at radius 2 is 2.08 bits per heavy atom. The second kappa shape index (κ2) is 2.77. The Labute approximate surface area is 72.3 Å². The van der Waals surface area contributed by atoms with Gasteiger partial charge in [0.2, 0.25) is 0 Å². The van der Waals surface area contributed by atoms with Gasteiger partial charge in [-0.1, -0.05) is 0 Å². The lowest BCUT2D eigenvalue weighted by Crippen LogP contribution is -2.05. The Morgan fingerprint density at radius 1 is 1.33 bits per heavy atom. The third-order valence-corrected chi connectivity index (χ3v) is 2.46. The zero-order valence-corrected chi connectivity index (χ0v) is 7.30. The third-order valence-electron chi connectivity index (χ3n) is 2.46. The van der Waals surface area contributed by atoms with Crippen LogP contribution in [0.15, 0.2) is 6.07 Å². The molecule has 1 N–H and O–H groups in total. The molecule has 1 aromatic rings. The molecule has 1 heterocycles. The van der Waals surface area contributed by atoms with Crippen LogP contribution in [0.1, 0.15) is 29.8 Å². The first-order chi connectivity index (χ1) is 5.77. The van der Waals surface area contributed by atoms with E-state index in [9.17, 15) is 5.11 Å². The van der Waals surface area contributed by atoms with Crippen LogP contribution in [0.3, 0.4) is 0 Å². The maximum Gasteiger partial charge on any atom is 0.137 e. The van der Waals surface area contributed by atoms with Gasteiger partial charge in [-0.2, -0.15) is 0 Å². The van der Waals surface area contributed by atoms with Crippen molar-refractivity contribution in [3.05, 3.63) is 23.0 Å². The van der Waals surface area contributed by atoms with E-state index in [1.807, 2.05) is 13.0 Å². The molecular formula is C10H13NO. The van der Waals surface area contributed by atoms with Gasteiger partial charge in [0.1, 0.15) is 5.75 Å². The van der Waals surface area contributed by atoms with Gasteiger partial charge in [0.15, 0.2) is 0 Å². The fourth-order valence-electron chi connectivity index (χ4n) is 1.73. The first-order valence-electron chi connectivity index (χ1n) is 4.46. The summed E-state index contributed by atoms with van der Waals surface area (Å²) in [5.41, 5.74) is 3.19. The summed E-state index contributed by atoms with van der Waals surface area (Å²) in [6.07, 6.45) is 4.63. The van der Waals surface area contributed by atoms with Crippen LogP contribution in [-0.4, -0.2) is 10.1 Å². The highest BCUT2D eigenvalue weighted by atomic mass is 16.3. The molecule has 0 atom stereocenters. The molecular weight excluding hydrogens is 150 g/mol. The number of fused-ring (bicyclic) bond motifs is 1. The molecule has 0 spiro atoms. The Balaban J connectivity index is 2.49. The van der Waals surface area contributed by atoms with Crippen LogP contribution >= 0.6 is 0 Å². The molecule has 2 heteroatoms. The average Bonchev–Trinajstić information content (AvgIpc) is 2.07. The molecule has 0 radical (unpaired) electrons. The Hall–Kier alpha value is -1.05. The summed E-state index contributed by atoms with van der Waals surface area (Å²) in [5.74, 6) is 0.343. The first-order valence-corrected chi connectivity index (χ1v) is 4.46. The molecule has 0 aromatic carbocycles. The molecule has 64 valence electrons. The second-order valence-corrected chi connectivity index (χ2v) is 3.41. The van der Waals surface area contributed by atoms with Gasteiger partial charge in [0, 0.05) is 5.69 Å². The van der Waals surface area contributed by atoms with E-state index in [0.717, 1.165) is 18.5 Å². The maximum atomic E-state index is 9.41. The van der Waals surface area contributed by atoms with Gasteiger partial charge < -0.3 is 5.11 Å². The molecule has 2 rings (SSSR count). The fraction of sp³-hybridized carbons (Fsp3) is 0.500. The van der Waals surface area contributed by atoms with Crippen molar-refractivity contribution >= 4 is 0 Å². The minimum atomic E-state index is 0.343. The number of pyridine rings is 1. The summed E-state index contributed by atoms with van der Waals surface area (Å²) in [4.78, 5) is 4.36. The molecule has 0 fully saturated rings. The Bertz CT molecular complexity index is 276. The SMILES string of the molecule is Cc1nc2c(cc1O)CCCC2. The molecule has 2 nitrogen and oxygen atoms in total. The van der Waals surface area contributed by atoms with E-state index >= 15 is 0 Å². The molecule has 0 bridgehead atoms. The molecule has 0 amide bonds. The predicted octanol–water partition coefficient (Wildman–Crippen LogP) is 1.97. The number of rotatable bonds is 0. The van der Waals surface area contributed by atoms with Crippen LogP contribution in [0.2, 0.25) is 0 Å². The summed E-state index contributed by atoms with van der Waals surface area (Å²) in [6.45, 7) is 1.85. The molecule has 1 aromatic heterocycles. The Kier molecular flexibility index (Phi) is 1.75. The van der Waals surface area contributed by atoms with Crippen molar-refractivity contribution in [1.82, 2.24) is 4.98 Å². The molecule has 1 aliphatic carbocycles. The minimum Gasteiger partial charge on any atom is -0.506 e. The summed E-state index contributed by atoms with van der Waals surface area (Å²) < 4.78 is 0. The first kappa shape index (κ1) is 7.59. The zero-order valence-electron chi connectivity index (χ0n) is 7.30. The van der Waals surface area contributed by atoms with Crippen LogP contribution in [0.25, 0.3) is 0 Å². The highest BCUT2D eigenvalue weighted by molar-refractivity contribution is 5.35. The van der Waals surface area contributed by atoms with E-state index in [4.69, 9.17) is 0 Å². The van der Waals surface area contributed by atoms with Gasteiger partial charge in [-0.25, -0.2) is 0 Å². The lowest BCUT2D eigenvalue weighted by molar-refractivity contribution is 0.464. The maximum absolute atomic E-state index is 9.41. The lowest BCUT2D eigenvalue weighted by atomic mass is 9.96. The summed E-state index contributed by atoms with van der Waals surface area (Å²) in [7, 11) is 0. The van der Waals surface area contributed by atoms with Gasteiger partial charge in [-0.3, -0.25) is 4.98 Å². The number of aromatic hydroxyl groups is 1. The molecule has 1 aliphatic rings. The Morgan fingerprint density at radius 3 is 2.92 bits per heavy atom. The monoisotopic (exact) mass is 163 g/mol. The van der Waals surface area contributed by atoms with Crippen molar-refractivity contribution < 1.29 is 5.11 Å². The molecule has 0 saturated carbocycles. The average molecular weight is 163 g/mol. The van der Waals surface area contributed by atoms with Gasteiger partial charge in [-0.15, -0.1) is 0 Å². The topological polar surface area (TPSA) is 33.1 Å². The summed E-state index contributed by atoms with van der Waals surface area (Å²) in [6, 6.07) is 1.87. The van der Waals surface area contributed by atoms with Crippen LogP contribution in [0.5, 0.6) is 5.75 Å². The highest BCUT2D eigenvalue weighted by Gasteiger charge is 2.12. The second-order valence-electron chi connectivity index (χ2n) is 3.41. The van der Waals surface area contributed by atoms with Crippen LogP contribution in [0, 0.1) is 6.92 Å². The molecule has 0 saturated heterocycles. The van der Waals surface area contributed by atoms with Crippen LogP contribution < -0.4 is 0 Å². The van der Waals surface area contributed by atoms with E-state index in [2.05, 4.69) is 4.98 Å². The van der Waals surface area contributed by atoms with Crippen molar-refractivity contribution in [1.29, 1.82) is 0 Å². The minimum absolute atomic E-state index is 0.343. The fourth-order valence-corrected chi connectivity index (χ4v) is 1.73. The quantitative estimate of drug-likeness (QED) is 0.634. The van der Waals surface area contributed by atoms with Gasteiger partial charge in [0.05, 0.1) is 5.69 Å². The van der Waals surface area contributed by atoms with Gasteiger partial charge in [-0.05, 0) is 44.2 Å². The van der Waals surface area contributed by atoms with Crippen molar-refractivity contribution in [3.8, 4) is 5.75 Å². The number of hydrogen-bond donors (Lipinski definition) is 1. The van der Waals surface area contributed by atoms with E-state index in [1.165, 1.54) is 24.1 Å². The number of nitrogens with zero attached hydrogens (tertiary/aromatic N) is 1. The molecule has 0 unspecified atom stereocenters. The normalized spacial score (nSPS) is 15.8. The smallest absolute Gasteiger partial charge is 0.137 e. The number of aromatic nitrogens is 1. The van der Waals surface area contributed by atoms with E-state index in [0.29, 0.717) is 5.75 Å². The number of aryl methyl sites for hydroxylation is 3. The van der Waals surface area contributed by atoms with Gasteiger partial charge in [0.25, 0.3) is 0 Å². The van der Waals surface area contributed by atoms with E-state index in [1.54, 1.807) is 0 Å². The third kappa shape index (κ3) is 1.17. The predicted molar refractivity (Wildman–Crippen MR) is 47.3 cm³/mol. The van der Waals surface area contributed by atoms with Crippen molar-refractivity contribution in [3.63, 3.8) is 0 Å². The molecule has 0 aliphatic heterocycles. The molecule has 12 heavy (non-hydrogen) atoms. The van der Waals surface area contributed by atoms with Crippen LogP contribution in [-0.2, 0) is 12.8 Å². The summed E-state index contributed by atoms with van der Waals surface area (Å²) in [5, 5.41) is 9.41. The van der Waals surface area contributed by atoms with Crippen molar-refractivity contribution in [2.45, 2.75) is 32.6 Å². The van der Waals surface area contributed by atoms with E-state index in [-0.39, 0.29) is 0 Å². The van der Waals surface area contributed by atoms with E-state index < -0.39 is 0 Å². The van der Waals surface area contributed by atoms with Crippen molar-refractivity contribution in [2.75, 3.05) is 0 Å². The standard InChI is InChI=1S/C10H13NO/c1-7-10(12)6-8-4-2-3-5-9(8)11-7/h6,12H,2-5H2,1H3. The highest BCUT2D eigenvalue weighted by Crippen LogP contribution is 2.24. The largest absolute Gasteiger partial charge is 0.506 e. The zero-order chi connectivity index (χ0) is 8.55. The lowest BCUT2D eigenvalue weighted by Gasteiger charge is -2.15. The van der Waals surface area contributed by atoms with Crippen molar-refractivity contribution in [2.24, 2.45) is 0 Å². The van der Waals surface area contributed by atoms with Crippen LogP contribution in [0.4, 0.5) is 0 Å². The summed E-state index contributed by atoms with van der Waals surface area (Å²) >= 11 is 0.